The molecule has 0 atom stereocenters. The Morgan fingerprint density at radius 1 is 1.45 bits per heavy atom. The summed E-state index contributed by atoms with van der Waals surface area (Å²) in [7, 11) is 1.70. The summed E-state index contributed by atoms with van der Waals surface area (Å²) in [5, 5.41) is 6.53. The standard InChI is InChI=1S/C14H15N3O2S/c1-3-13-16-10(8-20-13)7-15-9-4-5-12-11(6-9)17(2)14(18)19-12/h4-6,8,15H,3,7H2,1-2H3. The van der Waals surface area contributed by atoms with Crippen molar-refractivity contribution in [1.82, 2.24) is 9.55 Å². The Balaban J connectivity index is 1.80. The molecule has 3 rings (SSSR count). The quantitative estimate of drug-likeness (QED) is 0.802. The summed E-state index contributed by atoms with van der Waals surface area (Å²) in [4.78, 5) is 15.9. The van der Waals surface area contributed by atoms with Crippen LogP contribution in [0.2, 0.25) is 0 Å². The second kappa shape index (κ2) is 5.13. The molecule has 0 bridgehead atoms. The van der Waals surface area contributed by atoms with Gasteiger partial charge in [0.1, 0.15) is 0 Å². The van der Waals surface area contributed by atoms with Gasteiger partial charge in [-0.3, -0.25) is 4.57 Å². The molecule has 1 aromatic carbocycles. The van der Waals surface area contributed by atoms with Crippen molar-refractivity contribution < 1.29 is 4.42 Å². The molecule has 0 spiro atoms. The van der Waals surface area contributed by atoms with Gasteiger partial charge < -0.3 is 9.73 Å². The van der Waals surface area contributed by atoms with Crippen molar-refractivity contribution in [2.45, 2.75) is 19.9 Å². The van der Waals surface area contributed by atoms with Gasteiger partial charge in [-0.25, -0.2) is 9.78 Å². The Kier molecular flexibility index (Phi) is 3.31. The molecule has 0 radical (unpaired) electrons. The van der Waals surface area contributed by atoms with Crippen molar-refractivity contribution in [3.8, 4) is 0 Å². The molecule has 0 fully saturated rings. The van der Waals surface area contributed by atoms with Gasteiger partial charge in [0, 0.05) is 18.1 Å². The normalized spacial score (nSPS) is 11.1. The number of aryl methyl sites for hydroxylation is 2. The lowest BCUT2D eigenvalue weighted by atomic mass is 10.3. The van der Waals surface area contributed by atoms with Crippen LogP contribution in [0.15, 0.2) is 32.8 Å². The van der Waals surface area contributed by atoms with Crippen molar-refractivity contribution in [3.63, 3.8) is 0 Å². The highest BCUT2D eigenvalue weighted by atomic mass is 32.1. The smallest absolute Gasteiger partial charge is 0.408 e. The molecule has 20 heavy (non-hydrogen) atoms. The molecule has 2 heterocycles. The van der Waals surface area contributed by atoms with E-state index in [1.54, 1.807) is 24.5 Å². The predicted molar refractivity (Wildman–Crippen MR) is 80.3 cm³/mol. The Labute approximate surface area is 119 Å². The van der Waals surface area contributed by atoms with Crippen LogP contribution in [0, 0.1) is 0 Å². The molecule has 2 aromatic heterocycles. The summed E-state index contributed by atoms with van der Waals surface area (Å²) in [5.41, 5.74) is 3.37. The van der Waals surface area contributed by atoms with E-state index in [2.05, 4.69) is 22.6 Å². The van der Waals surface area contributed by atoms with Gasteiger partial charge in [0.15, 0.2) is 5.58 Å². The van der Waals surface area contributed by atoms with Crippen LogP contribution in [0.4, 0.5) is 5.69 Å². The maximum absolute atomic E-state index is 11.4. The van der Waals surface area contributed by atoms with Crippen LogP contribution < -0.4 is 11.1 Å². The monoisotopic (exact) mass is 289 g/mol. The zero-order valence-corrected chi connectivity index (χ0v) is 12.2. The third kappa shape index (κ3) is 2.34. The van der Waals surface area contributed by atoms with E-state index < -0.39 is 0 Å². The summed E-state index contributed by atoms with van der Waals surface area (Å²) in [6.45, 7) is 2.77. The third-order valence-electron chi connectivity index (χ3n) is 3.17. The number of hydrogen-bond acceptors (Lipinski definition) is 5. The highest BCUT2D eigenvalue weighted by Gasteiger charge is 2.06. The Bertz CT molecular complexity index is 800. The van der Waals surface area contributed by atoms with Crippen molar-refractivity contribution in [1.29, 1.82) is 0 Å². The third-order valence-corrected chi connectivity index (χ3v) is 4.21. The van der Waals surface area contributed by atoms with E-state index >= 15 is 0 Å². The summed E-state index contributed by atoms with van der Waals surface area (Å²) < 4.78 is 6.60. The number of rotatable bonds is 4. The maximum Gasteiger partial charge on any atom is 0.419 e. The number of oxazole rings is 1. The predicted octanol–water partition coefficient (Wildman–Crippen LogP) is 2.76. The van der Waals surface area contributed by atoms with Crippen LogP contribution in [-0.2, 0) is 20.0 Å². The minimum absolute atomic E-state index is 0.343. The Hall–Kier alpha value is -2.08. The Morgan fingerprint density at radius 3 is 3.05 bits per heavy atom. The fourth-order valence-electron chi connectivity index (χ4n) is 2.02. The largest absolute Gasteiger partial charge is 0.419 e. The number of nitrogens with zero attached hydrogens (tertiary/aromatic N) is 2. The zero-order valence-electron chi connectivity index (χ0n) is 11.3. The second-order valence-corrected chi connectivity index (χ2v) is 5.49. The van der Waals surface area contributed by atoms with E-state index in [9.17, 15) is 4.79 Å². The molecule has 0 amide bonds. The number of thiazole rings is 1. The van der Waals surface area contributed by atoms with Crippen LogP contribution in [-0.4, -0.2) is 9.55 Å². The SMILES string of the molecule is CCc1nc(CNc2ccc3oc(=O)n(C)c3c2)cs1. The van der Waals surface area contributed by atoms with Gasteiger partial charge in [-0.15, -0.1) is 11.3 Å². The highest BCUT2D eigenvalue weighted by molar-refractivity contribution is 7.09. The van der Waals surface area contributed by atoms with Gasteiger partial charge in [0.2, 0.25) is 0 Å². The van der Waals surface area contributed by atoms with Crippen molar-refractivity contribution in [2.75, 3.05) is 5.32 Å². The summed E-state index contributed by atoms with van der Waals surface area (Å²) in [6, 6.07) is 5.61. The van der Waals surface area contributed by atoms with Gasteiger partial charge in [-0.2, -0.15) is 0 Å². The van der Waals surface area contributed by atoms with Gasteiger partial charge in [0.25, 0.3) is 0 Å². The van der Waals surface area contributed by atoms with Crippen LogP contribution in [0.3, 0.4) is 0 Å². The first kappa shape index (κ1) is 12.9. The molecule has 0 aliphatic heterocycles. The molecule has 3 aromatic rings. The average molecular weight is 289 g/mol. The number of fused-ring (bicyclic) bond motifs is 1. The van der Waals surface area contributed by atoms with E-state index in [4.69, 9.17) is 4.42 Å². The molecule has 104 valence electrons. The second-order valence-electron chi connectivity index (χ2n) is 4.55. The minimum atomic E-state index is -0.343. The van der Waals surface area contributed by atoms with Crippen LogP contribution in [0.1, 0.15) is 17.6 Å². The molecular formula is C14H15N3O2S. The van der Waals surface area contributed by atoms with Crippen LogP contribution >= 0.6 is 11.3 Å². The highest BCUT2D eigenvalue weighted by Crippen LogP contribution is 2.19. The fraction of sp³-hybridized carbons (Fsp3) is 0.286. The van der Waals surface area contributed by atoms with Crippen LogP contribution in [0.5, 0.6) is 0 Å². The molecule has 0 aliphatic rings. The van der Waals surface area contributed by atoms with Crippen LogP contribution in [0.25, 0.3) is 11.1 Å². The zero-order chi connectivity index (χ0) is 14.1. The fourth-order valence-corrected chi connectivity index (χ4v) is 2.77. The molecule has 0 aliphatic carbocycles. The van der Waals surface area contributed by atoms with Gasteiger partial charge in [-0.1, -0.05) is 6.92 Å². The minimum Gasteiger partial charge on any atom is -0.408 e. The van der Waals surface area contributed by atoms with Crippen molar-refractivity contribution in [2.24, 2.45) is 7.05 Å². The lowest BCUT2D eigenvalue weighted by molar-refractivity contribution is 0.528. The topological polar surface area (TPSA) is 60.1 Å². The summed E-state index contributed by atoms with van der Waals surface area (Å²) in [5.74, 6) is -0.343. The average Bonchev–Trinajstić information content (AvgIpc) is 3.03. The van der Waals surface area contributed by atoms with Gasteiger partial charge in [0.05, 0.1) is 22.8 Å². The van der Waals surface area contributed by atoms with Crippen molar-refractivity contribution >= 4 is 28.1 Å². The molecule has 6 heteroatoms. The molecule has 0 saturated heterocycles. The number of aromatic nitrogens is 2. The summed E-state index contributed by atoms with van der Waals surface area (Å²) in [6.07, 6.45) is 0.966. The molecule has 0 saturated carbocycles. The maximum atomic E-state index is 11.4. The summed E-state index contributed by atoms with van der Waals surface area (Å²) >= 11 is 1.68. The van der Waals surface area contributed by atoms with E-state index in [1.165, 1.54) is 4.57 Å². The Morgan fingerprint density at radius 2 is 2.30 bits per heavy atom. The molecule has 5 nitrogen and oxygen atoms in total. The first-order valence-electron chi connectivity index (χ1n) is 6.44. The van der Waals surface area contributed by atoms with Gasteiger partial charge in [-0.05, 0) is 24.6 Å². The van der Waals surface area contributed by atoms with E-state index in [1.807, 2.05) is 12.1 Å². The first-order chi connectivity index (χ1) is 9.67. The van der Waals surface area contributed by atoms with E-state index in [0.717, 1.165) is 28.3 Å². The number of anilines is 1. The lowest BCUT2D eigenvalue weighted by Gasteiger charge is -2.04. The van der Waals surface area contributed by atoms with Crippen molar-refractivity contribution in [3.05, 3.63) is 44.8 Å². The first-order valence-corrected chi connectivity index (χ1v) is 7.32. The number of hydrogen-bond donors (Lipinski definition) is 1. The number of benzene rings is 1. The molecule has 1 N–H and O–H groups in total. The number of nitrogens with one attached hydrogen (secondary N) is 1. The van der Waals surface area contributed by atoms with Gasteiger partial charge >= 0.3 is 5.76 Å². The lowest BCUT2D eigenvalue weighted by Crippen LogP contribution is -2.08. The van der Waals surface area contributed by atoms with E-state index in [0.29, 0.717) is 12.1 Å². The molecule has 0 unspecified atom stereocenters. The van der Waals surface area contributed by atoms with E-state index in [-0.39, 0.29) is 5.76 Å². The molecular weight excluding hydrogens is 274 g/mol.